The lowest BCUT2D eigenvalue weighted by Gasteiger charge is -2.28. The normalized spacial score (nSPS) is 16.7. The van der Waals surface area contributed by atoms with Crippen LogP contribution in [-0.4, -0.2) is 18.2 Å². The topological polar surface area (TPSA) is 32.3 Å². The number of hydrogen-bond acceptors (Lipinski definition) is 2. The predicted octanol–water partition coefficient (Wildman–Crippen LogP) is 2.40. The van der Waals surface area contributed by atoms with Crippen LogP contribution in [0.3, 0.4) is 0 Å². The Labute approximate surface area is 92.5 Å². The molecule has 1 aliphatic rings. The van der Waals surface area contributed by atoms with Crippen molar-refractivity contribution in [2.45, 2.75) is 19.3 Å². The van der Waals surface area contributed by atoms with Crippen LogP contribution in [0.15, 0.2) is 16.6 Å². The number of nitrogens with one attached hydrogen (secondary N) is 1. The fourth-order valence-corrected chi connectivity index (χ4v) is 2.23. The molecular weight excluding hydrogens is 242 g/mol. The smallest absolute Gasteiger partial charge is 0.133 e. The summed E-state index contributed by atoms with van der Waals surface area (Å²) in [5.74, 6) is 0.895. The molecule has 0 aliphatic carbocycles. The van der Waals surface area contributed by atoms with E-state index in [9.17, 15) is 5.11 Å². The Bertz CT molecular complexity index is 347. The van der Waals surface area contributed by atoms with Gasteiger partial charge in [0.15, 0.2) is 0 Å². The summed E-state index contributed by atoms with van der Waals surface area (Å²) in [7, 11) is 0. The maximum absolute atomic E-state index is 9.88. The molecule has 0 aromatic heterocycles. The number of benzene rings is 1. The van der Waals surface area contributed by atoms with Crippen molar-refractivity contribution in [3.05, 3.63) is 27.7 Å². The Morgan fingerprint density at radius 1 is 1.50 bits per heavy atom. The van der Waals surface area contributed by atoms with E-state index in [4.69, 9.17) is 0 Å². The maximum atomic E-state index is 9.88. The molecule has 0 saturated carbocycles. The average molecular weight is 256 g/mol. The fraction of sp³-hybridized carbons (Fsp3) is 0.455. The summed E-state index contributed by atoms with van der Waals surface area (Å²) in [6, 6.07) is 4.11. The van der Waals surface area contributed by atoms with Gasteiger partial charge in [0.2, 0.25) is 0 Å². The number of aromatic hydroxyl groups is 1. The number of rotatable bonds is 2. The lowest BCUT2D eigenvalue weighted by molar-refractivity contribution is 0.411. The molecule has 1 fully saturated rings. The van der Waals surface area contributed by atoms with Crippen LogP contribution in [0.2, 0.25) is 0 Å². The molecule has 2 nitrogen and oxygen atoms in total. The van der Waals surface area contributed by atoms with Crippen molar-refractivity contribution in [3.63, 3.8) is 0 Å². The van der Waals surface area contributed by atoms with Crippen molar-refractivity contribution < 1.29 is 5.11 Å². The summed E-state index contributed by atoms with van der Waals surface area (Å²) >= 11 is 3.39. The Hall–Kier alpha value is -0.540. The van der Waals surface area contributed by atoms with E-state index >= 15 is 0 Å². The highest BCUT2D eigenvalue weighted by Gasteiger charge is 2.23. The first kappa shape index (κ1) is 9.99. The van der Waals surface area contributed by atoms with Crippen molar-refractivity contribution in [1.29, 1.82) is 0 Å². The van der Waals surface area contributed by atoms with Crippen LogP contribution in [0, 0.1) is 0 Å². The van der Waals surface area contributed by atoms with Crippen LogP contribution in [0.25, 0.3) is 0 Å². The van der Waals surface area contributed by atoms with E-state index in [0.29, 0.717) is 11.7 Å². The second kappa shape index (κ2) is 3.91. The average Bonchev–Trinajstić information content (AvgIpc) is 2.09. The summed E-state index contributed by atoms with van der Waals surface area (Å²) in [4.78, 5) is 0. The molecule has 1 aliphatic heterocycles. The number of phenols is 1. The molecule has 76 valence electrons. The zero-order valence-corrected chi connectivity index (χ0v) is 9.76. The van der Waals surface area contributed by atoms with Gasteiger partial charge in [-0.3, -0.25) is 0 Å². The minimum absolute atomic E-state index is 0.411. The van der Waals surface area contributed by atoms with Crippen LogP contribution < -0.4 is 5.32 Å². The molecule has 0 unspecified atom stereocenters. The molecule has 14 heavy (non-hydrogen) atoms. The highest BCUT2D eigenvalue weighted by Crippen LogP contribution is 2.35. The van der Waals surface area contributed by atoms with Gasteiger partial charge in [0, 0.05) is 24.6 Å². The molecule has 2 rings (SSSR count). The number of halogens is 1. The second-order valence-corrected chi connectivity index (χ2v) is 4.58. The van der Waals surface area contributed by atoms with Gasteiger partial charge in [0.05, 0.1) is 4.47 Å². The summed E-state index contributed by atoms with van der Waals surface area (Å²) in [5.41, 5.74) is 2.35. The van der Waals surface area contributed by atoms with Gasteiger partial charge in [-0.05, 0) is 34.0 Å². The van der Waals surface area contributed by atoms with E-state index in [1.165, 1.54) is 5.56 Å². The van der Waals surface area contributed by atoms with E-state index in [1.54, 1.807) is 0 Å². The van der Waals surface area contributed by atoms with E-state index in [0.717, 1.165) is 29.5 Å². The van der Waals surface area contributed by atoms with Crippen LogP contribution in [0.1, 0.15) is 24.0 Å². The van der Waals surface area contributed by atoms with Crippen LogP contribution in [0.5, 0.6) is 5.75 Å². The monoisotopic (exact) mass is 255 g/mol. The Morgan fingerprint density at radius 3 is 2.71 bits per heavy atom. The second-order valence-electron chi connectivity index (χ2n) is 3.72. The molecule has 2 N–H and O–H groups in total. The van der Waals surface area contributed by atoms with Crippen molar-refractivity contribution in [3.8, 4) is 5.75 Å². The highest BCUT2D eigenvalue weighted by atomic mass is 79.9. The molecule has 1 saturated heterocycles. The molecule has 1 aromatic rings. The standard InChI is InChI=1S/C11H14BrNO/c1-2-7-3-9(8-5-13-6-8)11(14)10(12)4-7/h3-4,8,13-14H,2,5-6H2,1H3. The van der Waals surface area contributed by atoms with Crippen molar-refractivity contribution in [2.24, 2.45) is 0 Å². The van der Waals surface area contributed by atoms with E-state index in [2.05, 4.69) is 34.2 Å². The number of phenolic OH excluding ortho intramolecular Hbond substituents is 1. The summed E-state index contributed by atoms with van der Waals surface area (Å²) < 4.78 is 0.818. The van der Waals surface area contributed by atoms with Crippen molar-refractivity contribution in [1.82, 2.24) is 5.32 Å². The Balaban J connectivity index is 2.40. The first-order valence-electron chi connectivity index (χ1n) is 4.94. The minimum Gasteiger partial charge on any atom is -0.506 e. The first-order chi connectivity index (χ1) is 6.72. The molecule has 0 radical (unpaired) electrons. The fourth-order valence-electron chi connectivity index (χ4n) is 1.70. The number of hydrogen-bond donors (Lipinski definition) is 2. The van der Waals surface area contributed by atoms with E-state index < -0.39 is 0 Å². The van der Waals surface area contributed by atoms with Gasteiger partial charge < -0.3 is 10.4 Å². The van der Waals surface area contributed by atoms with Gasteiger partial charge in [-0.15, -0.1) is 0 Å². The molecule has 0 amide bonds. The first-order valence-corrected chi connectivity index (χ1v) is 5.73. The zero-order valence-electron chi connectivity index (χ0n) is 8.18. The summed E-state index contributed by atoms with van der Waals surface area (Å²) in [6.07, 6.45) is 1.01. The minimum atomic E-state index is 0.411. The SMILES string of the molecule is CCc1cc(Br)c(O)c(C2CNC2)c1. The third kappa shape index (κ3) is 1.66. The van der Waals surface area contributed by atoms with Gasteiger partial charge in [0.1, 0.15) is 5.75 Å². The Kier molecular flexibility index (Phi) is 2.79. The van der Waals surface area contributed by atoms with Crippen LogP contribution in [-0.2, 0) is 6.42 Å². The molecule has 3 heteroatoms. The van der Waals surface area contributed by atoms with Gasteiger partial charge >= 0.3 is 0 Å². The van der Waals surface area contributed by atoms with Crippen molar-refractivity contribution >= 4 is 15.9 Å². The Morgan fingerprint density at radius 2 is 2.21 bits per heavy atom. The quantitative estimate of drug-likeness (QED) is 0.851. The van der Waals surface area contributed by atoms with Crippen LogP contribution in [0.4, 0.5) is 0 Å². The molecule has 1 aromatic carbocycles. The zero-order chi connectivity index (χ0) is 10.1. The lowest BCUT2D eigenvalue weighted by Crippen LogP contribution is -2.39. The predicted molar refractivity (Wildman–Crippen MR) is 60.8 cm³/mol. The summed E-state index contributed by atoms with van der Waals surface area (Å²) in [6.45, 7) is 4.09. The van der Waals surface area contributed by atoms with Gasteiger partial charge in [-0.1, -0.05) is 13.0 Å². The molecule has 1 heterocycles. The highest BCUT2D eigenvalue weighted by molar-refractivity contribution is 9.10. The third-order valence-corrected chi connectivity index (χ3v) is 3.39. The van der Waals surface area contributed by atoms with Crippen molar-refractivity contribution in [2.75, 3.05) is 13.1 Å². The molecule has 0 spiro atoms. The summed E-state index contributed by atoms with van der Waals surface area (Å²) in [5, 5.41) is 13.1. The third-order valence-electron chi connectivity index (χ3n) is 2.78. The molecular formula is C11H14BrNO. The maximum Gasteiger partial charge on any atom is 0.133 e. The van der Waals surface area contributed by atoms with Gasteiger partial charge in [-0.2, -0.15) is 0 Å². The van der Waals surface area contributed by atoms with Crippen LogP contribution >= 0.6 is 15.9 Å². The number of aryl methyl sites for hydroxylation is 1. The van der Waals surface area contributed by atoms with E-state index in [1.807, 2.05) is 6.07 Å². The largest absolute Gasteiger partial charge is 0.506 e. The lowest BCUT2D eigenvalue weighted by atomic mass is 9.91. The van der Waals surface area contributed by atoms with Gasteiger partial charge in [-0.25, -0.2) is 0 Å². The molecule has 0 atom stereocenters. The van der Waals surface area contributed by atoms with E-state index in [-0.39, 0.29) is 0 Å². The van der Waals surface area contributed by atoms with Gasteiger partial charge in [0.25, 0.3) is 0 Å². The molecule has 0 bridgehead atoms.